The molecule has 0 fully saturated rings. The topological polar surface area (TPSA) is 95.5 Å². The van der Waals surface area contributed by atoms with Gasteiger partial charge in [-0.25, -0.2) is 4.79 Å². The van der Waals surface area contributed by atoms with Gasteiger partial charge in [-0.15, -0.1) is 5.10 Å². The minimum Gasteiger partial charge on any atom is -0.472 e. The predicted molar refractivity (Wildman–Crippen MR) is 81.2 cm³/mol. The van der Waals surface area contributed by atoms with Crippen LogP contribution in [-0.2, 0) is 20.7 Å². The first-order valence-electron chi connectivity index (χ1n) is 6.43. The highest BCUT2D eigenvalue weighted by atomic mass is 127. The van der Waals surface area contributed by atoms with Crippen molar-refractivity contribution in [3.05, 3.63) is 38.2 Å². The Bertz CT molecular complexity index is 878. The summed E-state index contributed by atoms with van der Waals surface area (Å²) < 4.78 is 18.1. The van der Waals surface area contributed by atoms with Gasteiger partial charge < -0.3 is 9.30 Å². The van der Waals surface area contributed by atoms with E-state index in [1.165, 1.54) is 17.9 Å². The Balaban J connectivity index is 1.96. The summed E-state index contributed by atoms with van der Waals surface area (Å²) in [5.41, 5.74) is 1.07. The molecule has 0 aliphatic rings. The number of nitrogens with one attached hydrogen (secondary N) is 1. The fourth-order valence-corrected chi connectivity index (χ4v) is 2.43. The van der Waals surface area contributed by atoms with Gasteiger partial charge in [0.15, 0.2) is 1.41 Å². The van der Waals surface area contributed by atoms with Gasteiger partial charge >= 0.3 is 5.69 Å². The predicted octanol–water partition coefficient (Wildman–Crippen LogP) is 0.211. The fraction of sp³-hybridized carbons (Fsp3) is 0.273. The van der Waals surface area contributed by atoms with E-state index in [0.29, 0.717) is 11.6 Å². The molecule has 0 spiro atoms. The van der Waals surface area contributed by atoms with Gasteiger partial charge in [0.1, 0.15) is 6.61 Å². The van der Waals surface area contributed by atoms with E-state index in [9.17, 15) is 4.79 Å². The Labute approximate surface area is 134 Å². The van der Waals surface area contributed by atoms with Gasteiger partial charge in [0.2, 0.25) is 5.88 Å². The quantitative estimate of drug-likeness (QED) is 0.629. The Hall–Kier alpha value is -2.11. The third-order valence-electron chi connectivity index (χ3n) is 2.94. The number of rotatable bonds is 4. The zero-order valence-corrected chi connectivity index (χ0v) is 13.4. The Morgan fingerprint density at radius 2 is 2.29 bits per heavy atom. The lowest BCUT2D eigenvalue weighted by atomic mass is 10.3. The second kappa shape index (κ2) is 5.35. The minimum absolute atomic E-state index is 0.203. The summed E-state index contributed by atoms with van der Waals surface area (Å²) >= 11 is 2.17. The van der Waals surface area contributed by atoms with E-state index in [0.717, 1.165) is 19.0 Å². The molecular weight excluding hydrogens is 389 g/mol. The molecule has 9 nitrogen and oxygen atoms in total. The molecule has 0 bridgehead atoms. The van der Waals surface area contributed by atoms with Crippen LogP contribution >= 0.6 is 22.6 Å². The second-order valence-electron chi connectivity index (χ2n) is 4.35. The van der Waals surface area contributed by atoms with Gasteiger partial charge in [-0.05, 0) is 33.0 Å². The zero-order valence-electron chi connectivity index (χ0n) is 12.3. The van der Waals surface area contributed by atoms with Gasteiger partial charge in [0.05, 0.1) is 9.39 Å². The minimum atomic E-state index is -0.335. The van der Waals surface area contributed by atoms with Crippen LogP contribution in [0.3, 0.4) is 0 Å². The Kier molecular flexibility index (Phi) is 3.21. The maximum Gasteiger partial charge on any atom is 0.368 e. The average molecular weight is 403 g/mol. The molecule has 0 amide bonds. The monoisotopic (exact) mass is 403 g/mol. The number of hydrogen-bond donors (Lipinski definition) is 1. The number of aromatic amines is 1. The number of tetrazole rings is 1. The van der Waals surface area contributed by atoms with E-state index in [1.54, 1.807) is 12.3 Å². The molecule has 10 heteroatoms. The molecule has 3 heterocycles. The number of aryl methyl sites for hydroxylation is 2. The third-order valence-corrected chi connectivity index (χ3v) is 4.35. The molecule has 0 saturated carbocycles. The van der Waals surface area contributed by atoms with Crippen LogP contribution in [0, 0.1) is 3.70 Å². The van der Waals surface area contributed by atoms with Gasteiger partial charge in [-0.1, -0.05) is 0 Å². The highest BCUT2D eigenvalue weighted by Crippen LogP contribution is 2.22. The van der Waals surface area contributed by atoms with Crippen molar-refractivity contribution in [3.63, 3.8) is 0 Å². The Morgan fingerprint density at radius 3 is 2.90 bits per heavy atom. The van der Waals surface area contributed by atoms with Crippen molar-refractivity contribution < 1.29 is 6.15 Å². The first-order chi connectivity index (χ1) is 10.5. The highest BCUT2D eigenvalue weighted by Gasteiger charge is 2.18. The van der Waals surface area contributed by atoms with Gasteiger partial charge in [0, 0.05) is 38.1 Å². The van der Waals surface area contributed by atoms with E-state index in [-0.39, 0.29) is 12.3 Å². The molecule has 1 N–H and O–H groups in total. The van der Waals surface area contributed by atoms with Gasteiger partial charge in [-0.2, -0.15) is 9.36 Å². The summed E-state index contributed by atoms with van der Waals surface area (Å²) in [5, 5.41) is 12.3. The van der Waals surface area contributed by atoms with Crippen LogP contribution in [0.2, 0.25) is 1.41 Å². The summed E-state index contributed by atoms with van der Waals surface area (Å²) in [7, 11) is 3.41. The van der Waals surface area contributed by atoms with Crippen molar-refractivity contribution in [1.82, 2.24) is 34.5 Å². The summed E-state index contributed by atoms with van der Waals surface area (Å²) in [5.74, 6) is 0.340. The van der Waals surface area contributed by atoms with Crippen molar-refractivity contribution >= 4 is 22.6 Å². The first kappa shape index (κ1) is 12.6. The number of nitrogens with zero attached hydrogens (tertiary/aromatic N) is 6. The van der Waals surface area contributed by atoms with Crippen molar-refractivity contribution in [2.45, 2.75) is 6.61 Å². The van der Waals surface area contributed by atoms with E-state index in [2.05, 4.69) is 38.1 Å². The smallest absolute Gasteiger partial charge is 0.368 e. The lowest BCUT2D eigenvalue weighted by Crippen LogP contribution is -2.22. The molecule has 110 valence electrons. The van der Waals surface area contributed by atoms with Crippen molar-refractivity contribution in [1.29, 1.82) is 0 Å². The summed E-state index contributed by atoms with van der Waals surface area (Å²) in [6.45, 7) is 0.203. The van der Waals surface area contributed by atoms with Crippen molar-refractivity contribution in [3.8, 4) is 11.6 Å². The average Bonchev–Trinajstić information content (AvgIpc) is 3.11. The van der Waals surface area contributed by atoms with Gasteiger partial charge in [-0.3, -0.25) is 5.09 Å². The zero-order chi connectivity index (χ0) is 15.9. The van der Waals surface area contributed by atoms with Crippen molar-refractivity contribution in [2.75, 3.05) is 0 Å². The molecule has 3 aromatic rings. The first-order valence-corrected chi connectivity index (χ1v) is 7.06. The van der Waals surface area contributed by atoms with Crippen LogP contribution in [0.15, 0.2) is 23.3 Å². The number of hydrogen-bond acceptors (Lipinski definition) is 5. The van der Waals surface area contributed by atoms with E-state index < -0.39 is 0 Å². The Morgan fingerprint density at radius 1 is 1.48 bits per heavy atom. The molecule has 0 aliphatic heterocycles. The summed E-state index contributed by atoms with van der Waals surface area (Å²) in [6.07, 6.45) is 3.26. The SMILES string of the molecule is [3H]n1ccc(OCc2c(-n3nnn(C)c3=O)cn(C)c2I)n1. The highest BCUT2D eigenvalue weighted by molar-refractivity contribution is 14.1. The molecule has 21 heavy (non-hydrogen) atoms. The molecular formula is C11H12IN7O2. The number of aromatic nitrogens is 7. The summed E-state index contributed by atoms with van der Waals surface area (Å²) in [4.78, 5) is 12.0. The van der Waals surface area contributed by atoms with Gasteiger partial charge in [0.25, 0.3) is 0 Å². The van der Waals surface area contributed by atoms with E-state index in [4.69, 9.17) is 6.15 Å². The van der Waals surface area contributed by atoms with Crippen molar-refractivity contribution in [2.24, 2.45) is 14.1 Å². The standard InChI is InChI=1S/C11H12IN7O2/c1-17-5-8(19-11(20)18(2)15-16-19)7(10(17)12)6-21-9-3-4-13-14-9/h3-5H,6H2,1-2H3,(H,13,14)/i/hT. The van der Waals surface area contributed by atoms with Crippen LogP contribution < -0.4 is 10.4 Å². The van der Waals surface area contributed by atoms with E-state index in [1.807, 2.05) is 11.6 Å². The van der Waals surface area contributed by atoms with Crippen LogP contribution in [0.4, 0.5) is 0 Å². The molecule has 3 aromatic heterocycles. The van der Waals surface area contributed by atoms with Crippen LogP contribution in [0.1, 0.15) is 5.56 Å². The lowest BCUT2D eigenvalue weighted by molar-refractivity contribution is 0.292. The van der Waals surface area contributed by atoms with Crippen LogP contribution in [0.25, 0.3) is 5.69 Å². The molecule has 0 saturated heterocycles. The normalized spacial score (nSPS) is 11.7. The maximum atomic E-state index is 12.0. The summed E-state index contributed by atoms with van der Waals surface area (Å²) in [6, 6.07) is 1.59. The molecule has 0 aromatic carbocycles. The molecule has 3 rings (SSSR count). The second-order valence-corrected chi connectivity index (χ2v) is 5.37. The van der Waals surface area contributed by atoms with Crippen LogP contribution in [-0.4, -0.2) is 34.5 Å². The largest absolute Gasteiger partial charge is 0.472 e. The molecule has 0 unspecified atom stereocenters. The molecule has 0 atom stereocenters. The van der Waals surface area contributed by atoms with E-state index >= 15 is 0 Å². The lowest BCUT2D eigenvalue weighted by Gasteiger charge is -2.04. The molecule has 0 aliphatic carbocycles. The van der Waals surface area contributed by atoms with Crippen LogP contribution in [0.5, 0.6) is 5.88 Å². The molecule has 0 radical (unpaired) electrons. The number of ether oxygens (including phenoxy) is 1. The number of H-pyrrole nitrogens is 1. The number of halogens is 1. The maximum absolute atomic E-state index is 12.0. The third kappa shape index (κ3) is 2.46. The fourth-order valence-electron chi connectivity index (χ4n) is 1.86.